The number of aromatic amines is 1. The molecule has 2 aliphatic heterocycles. The number of amides is 1. The van der Waals surface area contributed by atoms with Gasteiger partial charge < -0.3 is 19.8 Å². The molecule has 1 atom stereocenters. The Bertz CT molecular complexity index is 1050. The molecular formula is C21H19N3O3. The molecule has 6 heteroatoms. The lowest BCUT2D eigenvalue weighted by Gasteiger charge is -2.17. The van der Waals surface area contributed by atoms with Crippen LogP contribution in [0.5, 0.6) is 5.75 Å². The van der Waals surface area contributed by atoms with Crippen LogP contribution < -0.4 is 10.1 Å². The summed E-state index contributed by atoms with van der Waals surface area (Å²) in [6, 6.07) is 13.3. The fourth-order valence-corrected chi connectivity index (χ4v) is 3.51. The van der Waals surface area contributed by atoms with Gasteiger partial charge in [-0.3, -0.25) is 4.79 Å². The van der Waals surface area contributed by atoms with Crippen LogP contribution in [0.3, 0.4) is 0 Å². The van der Waals surface area contributed by atoms with Gasteiger partial charge in [0, 0.05) is 17.9 Å². The van der Waals surface area contributed by atoms with Gasteiger partial charge in [-0.2, -0.15) is 0 Å². The molecule has 1 aromatic heterocycles. The van der Waals surface area contributed by atoms with E-state index in [0.29, 0.717) is 5.57 Å². The van der Waals surface area contributed by atoms with E-state index in [1.807, 2.05) is 48.5 Å². The van der Waals surface area contributed by atoms with Crippen molar-refractivity contribution in [1.82, 2.24) is 9.97 Å². The average Bonchev–Trinajstić information content (AvgIpc) is 3.36. The number of H-pyrrole nitrogens is 1. The van der Waals surface area contributed by atoms with E-state index in [-0.39, 0.29) is 18.6 Å². The Morgan fingerprint density at radius 2 is 2.15 bits per heavy atom. The number of fused-ring (bicyclic) bond motifs is 2. The number of para-hydroxylation sites is 1. The number of carbonyl (C=O) groups excluding carboxylic acids is 1. The minimum absolute atomic E-state index is 0.0417. The van der Waals surface area contributed by atoms with Crippen molar-refractivity contribution in [2.24, 2.45) is 0 Å². The number of carbonyl (C=O) groups is 1. The van der Waals surface area contributed by atoms with E-state index < -0.39 is 0 Å². The maximum atomic E-state index is 12.6. The maximum Gasteiger partial charge on any atom is 0.255 e. The Labute approximate surface area is 156 Å². The van der Waals surface area contributed by atoms with Crippen LogP contribution in [0.4, 0.5) is 5.69 Å². The normalized spacial score (nSPS) is 18.7. The molecule has 6 nitrogen and oxygen atoms in total. The molecule has 2 N–H and O–H groups in total. The second kappa shape index (κ2) is 6.55. The minimum Gasteiger partial charge on any atom is -0.488 e. The number of aromatic nitrogens is 2. The van der Waals surface area contributed by atoms with E-state index in [4.69, 9.17) is 9.47 Å². The van der Waals surface area contributed by atoms with Crippen molar-refractivity contribution >= 4 is 28.7 Å². The molecule has 0 bridgehead atoms. The SMILES string of the molecule is O=C(Nc1ccc2nc(C3CCCO3)[nH]c2c1)C1=Cc2ccccc2OC1. The van der Waals surface area contributed by atoms with Gasteiger partial charge in [0.25, 0.3) is 5.91 Å². The smallest absolute Gasteiger partial charge is 0.255 e. The summed E-state index contributed by atoms with van der Waals surface area (Å²) < 4.78 is 11.4. The third-order valence-corrected chi connectivity index (χ3v) is 4.92. The molecule has 5 rings (SSSR count). The van der Waals surface area contributed by atoms with Gasteiger partial charge in [-0.25, -0.2) is 4.98 Å². The Morgan fingerprint density at radius 3 is 3.04 bits per heavy atom. The van der Waals surface area contributed by atoms with Gasteiger partial charge in [-0.15, -0.1) is 0 Å². The number of nitrogens with zero attached hydrogens (tertiary/aromatic N) is 1. The van der Waals surface area contributed by atoms with Crippen LogP contribution in [0.2, 0.25) is 0 Å². The highest BCUT2D eigenvalue weighted by atomic mass is 16.5. The van der Waals surface area contributed by atoms with Crippen LogP contribution in [0.25, 0.3) is 17.1 Å². The van der Waals surface area contributed by atoms with Gasteiger partial charge in [-0.05, 0) is 43.2 Å². The molecule has 0 radical (unpaired) electrons. The number of hydrogen-bond donors (Lipinski definition) is 2. The first kappa shape index (κ1) is 16.1. The van der Waals surface area contributed by atoms with Crippen molar-refractivity contribution in [3.63, 3.8) is 0 Å². The molecule has 1 fully saturated rings. The first-order valence-corrected chi connectivity index (χ1v) is 9.11. The topological polar surface area (TPSA) is 76.2 Å². The fourth-order valence-electron chi connectivity index (χ4n) is 3.51. The van der Waals surface area contributed by atoms with Crippen LogP contribution in [-0.4, -0.2) is 29.1 Å². The Balaban J connectivity index is 1.36. The number of hydrogen-bond acceptors (Lipinski definition) is 4. The molecule has 3 heterocycles. The minimum atomic E-state index is -0.164. The highest BCUT2D eigenvalue weighted by Gasteiger charge is 2.21. The zero-order valence-corrected chi connectivity index (χ0v) is 14.7. The molecule has 1 unspecified atom stereocenters. The van der Waals surface area contributed by atoms with Gasteiger partial charge in [0.15, 0.2) is 0 Å². The van der Waals surface area contributed by atoms with Gasteiger partial charge in [-0.1, -0.05) is 18.2 Å². The van der Waals surface area contributed by atoms with Crippen LogP contribution in [0, 0.1) is 0 Å². The zero-order valence-electron chi connectivity index (χ0n) is 14.7. The Morgan fingerprint density at radius 1 is 1.22 bits per heavy atom. The lowest BCUT2D eigenvalue weighted by molar-refractivity contribution is -0.113. The molecule has 0 spiro atoms. The van der Waals surface area contributed by atoms with Crippen molar-refractivity contribution in [3.8, 4) is 5.75 Å². The second-order valence-electron chi connectivity index (χ2n) is 6.81. The first-order chi connectivity index (χ1) is 13.3. The maximum absolute atomic E-state index is 12.6. The van der Waals surface area contributed by atoms with Gasteiger partial charge in [0.05, 0.1) is 16.6 Å². The van der Waals surface area contributed by atoms with Crippen LogP contribution in [-0.2, 0) is 9.53 Å². The molecule has 2 aliphatic rings. The zero-order chi connectivity index (χ0) is 18.2. The van der Waals surface area contributed by atoms with Crippen molar-refractivity contribution < 1.29 is 14.3 Å². The summed E-state index contributed by atoms with van der Waals surface area (Å²) in [5.41, 5.74) is 3.98. The van der Waals surface area contributed by atoms with Crippen LogP contribution in [0.1, 0.15) is 30.3 Å². The summed E-state index contributed by atoms with van der Waals surface area (Å²) in [6.07, 6.45) is 3.96. The third kappa shape index (κ3) is 3.08. The van der Waals surface area contributed by atoms with E-state index in [9.17, 15) is 4.79 Å². The van der Waals surface area contributed by atoms with Gasteiger partial charge >= 0.3 is 0 Å². The molecule has 1 saturated heterocycles. The van der Waals surface area contributed by atoms with E-state index >= 15 is 0 Å². The summed E-state index contributed by atoms with van der Waals surface area (Å²) in [5.74, 6) is 1.49. The fraction of sp³-hybridized carbons (Fsp3) is 0.238. The van der Waals surface area contributed by atoms with Crippen molar-refractivity contribution in [2.45, 2.75) is 18.9 Å². The first-order valence-electron chi connectivity index (χ1n) is 9.11. The summed E-state index contributed by atoms with van der Waals surface area (Å²) >= 11 is 0. The van der Waals surface area contributed by atoms with Crippen molar-refractivity contribution in [2.75, 3.05) is 18.5 Å². The van der Waals surface area contributed by atoms with Crippen molar-refractivity contribution in [3.05, 3.63) is 59.4 Å². The number of rotatable bonds is 3. The molecule has 136 valence electrons. The number of benzene rings is 2. The van der Waals surface area contributed by atoms with E-state index in [1.54, 1.807) is 0 Å². The third-order valence-electron chi connectivity index (χ3n) is 4.92. The monoisotopic (exact) mass is 361 g/mol. The van der Waals surface area contributed by atoms with Gasteiger partial charge in [0.1, 0.15) is 24.3 Å². The van der Waals surface area contributed by atoms with E-state index in [2.05, 4.69) is 15.3 Å². The average molecular weight is 361 g/mol. The highest BCUT2D eigenvalue weighted by molar-refractivity contribution is 6.08. The van der Waals surface area contributed by atoms with Crippen LogP contribution >= 0.6 is 0 Å². The van der Waals surface area contributed by atoms with E-state index in [1.165, 1.54) is 0 Å². The summed E-state index contributed by atoms with van der Waals surface area (Å²) in [4.78, 5) is 20.5. The van der Waals surface area contributed by atoms with Gasteiger partial charge in [0.2, 0.25) is 0 Å². The van der Waals surface area contributed by atoms with E-state index in [0.717, 1.165) is 53.3 Å². The quantitative estimate of drug-likeness (QED) is 0.743. The number of anilines is 1. The van der Waals surface area contributed by atoms with Crippen LogP contribution in [0.15, 0.2) is 48.0 Å². The number of nitrogens with one attached hydrogen (secondary N) is 2. The number of ether oxygens (including phenoxy) is 2. The molecule has 2 aromatic carbocycles. The Hall–Kier alpha value is -3.12. The molecule has 3 aromatic rings. The lowest BCUT2D eigenvalue weighted by atomic mass is 10.1. The van der Waals surface area contributed by atoms with Crippen molar-refractivity contribution in [1.29, 1.82) is 0 Å². The standard InChI is InChI=1S/C21H19N3O3/c25-21(14-10-13-4-1-2-5-18(13)27-12-14)22-15-7-8-16-17(11-15)24-20(23-16)19-6-3-9-26-19/h1-2,4-5,7-8,10-11,19H,3,6,9,12H2,(H,22,25)(H,23,24). The highest BCUT2D eigenvalue weighted by Crippen LogP contribution is 2.29. The number of imidazole rings is 1. The molecule has 1 amide bonds. The summed E-state index contributed by atoms with van der Waals surface area (Å²) in [7, 11) is 0. The molecular weight excluding hydrogens is 342 g/mol. The molecule has 27 heavy (non-hydrogen) atoms. The summed E-state index contributed by atoms with van der Waals surface area (Å²) in [6.45, 7) is 1.04. The summed E-state index contributed by atoms with van der Waals surface area (Å²) in [5, 5.41) is 2.95. The predicted octanol–water partition coefficient (Wildman–Crippen LogP) is 3.83. The second-order valence-corrected chi connectivity index (χ2v) is 6.81. The molecule has 0 aliphatic carbocycles. The predicted molar refractivity (Wildman–Crippen MR) is 103 cm³/mol. The lowest BCUT2D eigenvalue weighted by Crippen LogP contribution is -2.21. The molecule has 0 saturated carbocycles. The largest absolute Gasteiger partial charge is 0.488 e. The Kier molecular flexibility index (Phi) is 3.90.